The molecular formula is C10H20O. The molecule has 0 amide bonds. The Morgan fingerprint density at radius 3 is 2.00 bits per heavy atom. The van der Waals surface area contributed by atoms with Crippen LogP contribution in [0.3, 0.4) is 0 Å². The maximum absolute atomic E-state index is 9.10. The standard InChI is InChI=1S/C10H20O/c1-4-6-10(7-5-2)8-9(3)11/h8-9,11H,4-7H2,1-3H3/t9-/m0/s1. The summed E-state index contributed by atoms with van der Waals surface area (Å²) in [4.78, 5) is 0. The van der Waals surface area contributed by atoms with E-state index in [0.717, 1.165) is 12.8 Å². The number of aliphatic hydroxyl groups excluding tert-OH is 1. The summed E-state index contributed by atoms with van der Waals surface area (Å²) in [7, 11) is 0. The monoisotopic (exact) mass is 156 g/mol. The van der Waals surface area contributed by atoms with Crippen molar-refractivity contribution in [1.82, 2.24) is 0 Å². The van der Waals surface area contributed by atoms with E-state index >= 15 is 0 Å². The Labute approximate surface area is 70.1 Å². The van der Waals surface area contributed by atoms with Crippen LogP contribution in [0, 0.1) is 0 Å². The molecule has 0 aromatic carbocycles. The highest BCUT2D eigenvalue weighted by Gasteiger charge is 1.96. The molecule has 0 aliphatic rings. The van der Waals surface area contributed by atoms with Gasteiger partial charge in [0.2, 0.25) is 0 Å². The minimum Gasteiger partial charge on any atom is -0.389 e. The lowest BCUT2D eigenvalue weighted by atomic mass is 10.0. The van der Waals surface area contributed by atoms with Crippen molar-refractivity contribution in [2.75, 3.05) is 0 Å². The third-order valence-electron chi connectivity index (χ3n) is 1.62. The van der Waals surface area contributed by atoms with Gasteiger partial charge in [-0.2, -0.15) is 0 Å². The Morgan fingerprint density at radius 2 is 1.73 bits per heavy atom. The molecule has 1 nitrogen and oxygen atoms in total. The van der Waals surface area contributed by atoms with Crippen LogP contribution in [0.15, 0.2) is 11.6 Å². The van der Waals surface area contributed by atoms with Crippen LogP contribution < -0.4 is 0 Å². The first-order valence-corrected chi connectivity index (χ1v) is 4.58. The van der Waals surface area contributed by atoms with Gasteiger partial charge in [-0.15, -0.1) is 0 Å². The second-order valence-electron chi connectivity index (χ2n) is 3.07. The van der Waals surface area contributed by atoms with E-state index in [4.69, 9.17) is 5.11 Å². The first kappa shape index (κ1) is 10.7. The Bertz CT molecular complexity index is 106. The van der Waals surface area contributed by atoms with Crippen LogP contribution in [-0.4, -0.2) is 11.2 Å². The highest BCUT2D eigenvalue weighted by molar-refractivity contribution is 5.03. The molecule has 0 fully saturated rings. The molecular weight excluding hydrogens is 136 g/mol. The summed E-state index contributed by atoms with van der Waals surface area (Å²) in [6, 6.07) is 0. The zero-order chi connectivity index (χ0) is 8.69. The first-order chi connectivity index (χ1) is 5.20. The van der Waals surface area contributed by atoms with E-state index in [1.807, 2.05) is 13.0 Å². The summed E-state index contributed by atoms with van der Waals surface area (Å²) in [6.45, 7) is 6.16. The van der Waals surface area contributed by atoms with E-state index in [-0.39, 0.29) is 6.10 Å². The fraction of sp³-hybridized carbons (Fsp3) is 0.800. The topological polar surface area (TPSA) is 20.2 Å². The zero-order valence-electron chi connectivity index (χ0n) is 7.93. The van der Waals surface area contributed by atoms with Crippen LogP contribution >= 0.6 is 0 Å². The van der Waals surface area contributed by atoms with Gasteiger partial charge in [0.15, 0.2) is 0 Å². The van der Waals surface area contributed by atoms with E-state index in [9.17, 15) is 0 Å². The second-order valence-corrected chi connectivity index (χ2v) is 3.07. The predicted molar refractivity (Wildman–Crippen MR) is 49.6 cm³/mol. The van der Waals surface area contributed by atoms with Crippen LogP contribution in [0.5, 0.6) is 0 Å². The molecule has 0 saturated heterocycles. The molecule has 1 atom stereocenters. The van der Waals surface area contributed by atoms with Gasteiger partial charge < -0.3 is 5.11 Å². The average Bonchev–Trinajstić information content (AvgIpc) is 1.87. The number of allylic oxidation sites excluding steroid dienone is 1. The zero-order valence-corrected chi connectivity index (χ0v) is 7.93. The van der Waals surface area contributed by atoms with Crippen molar-refractivity contribution < 1.29 is 5.11 Å². The van der Waals surface area contributed by atoms with Gasteiger partial charge >= 0.3 is 0 Å². The van der Waals surface area contributed by atoms with Crippen molar-refractivity contribution in [2.45, 2.75) is 52.6 Å². The predicted octanol–water partition coefficient (Wildman–Crippen LogP) is 2.89. The van der Waals surface area contributed by atoms with Gasteiger partial charge in [-0.05, 0) is 19.8 Å². The second kappa shape index (κ2) is 6.41. The largest absolute Gasteiger partial charge is 0.389 e. The lowest BCUT2D eigenvalue weighted by Crippen LogP contribution is -1.96. The molecule has 0 aliphatic carbocycles. The molecule has 0 rings (SSSR count). The van der Waals surface area contributed by atoms with E-state index in [0.29, 0.717) is 0 Å². The maximum atomic E-state index is 9.10. The van der Waals surface area contributed by atoms with E-state index in [1.54, 1.807) is 0 Å². The third kappa shape index (κ3) is 6.11. The van der Waals surface area contributed by atoms with Crippen LogP contribution in [0.1, 0.15) is 46.5 Å². The first-order valence-electron chi connectivity index (χ1n) is 4.58. The quantitative estimate of drug-likeness (QED) is 0.607. The summed E-state index contributed by atoms with van der Waals surface area (Å²) < 4.78 is 0. The molecule has 11 heavy (non-hydrogen) atoms. The van der Waals surface area contributed by atoms with E-state index in [2.05, 4.69) is 13.8 Å². The van der Waals surface area contributed by atoms with Crippen LogP contribution in [0.2, 0.25) is 0 Å². The van der Waals surface area contributed by atoms with Gasteiger partial charge in [-0.25, -0.2) is 0 Å². The van der Waals surface area contributed by atoms with Gasteiger partial charge in [0.25, 0.3) is 0 Å². The van der Waals surface area contributed by atoms with E-state index < -0.39 is 0 Å². The molecule has 0 spiro atoms. The summed E-state index contributed by atoms with van der Waals surface area (Å²) in [6.07, 6.45) is 6.34. The number of hydrogen-bond acceptors (Lipinski definition) is 1. The van der Waals surface area contributed by atoms with Crippen LogP contribution in [0.25, 0.3) is 0 Å². The summed E-state index contributed by atoms with van der Waals surface area (Å²) in [5.74, 6) is 0. The SMILES string of the molecule is CCCC(=C[C@H](C)O)CCC. The molecule has 0 heterocycles. The van der Waals surface area contributed by atoms with Crippen molar-refractivity contribution in [3.63, 3.8) is 0 Å². The molecule has 0 saturated carbocycles. The normalized spacial score (nSPS) is 12.7. The van der Waals surface area contributed by atoms with Gasteiger partial charge in [0.05, 0.1) is 6.10 Å². The molecule has 0 aromatic rings. The Hall–Kier alpha value is -0.300. The Kier molecular flexibility index (Phi) is 6.24. The summed E-state index contributed by atoms with van der Waals surface area (Å²) in [5, 5.41) is 9.10. The van der Waals surface area contributed by atoms with Gasteiger partial charge in [0, 0.05) is 0 Å². The molecule has 0 radical (unpaired) electrons. The lowest BCUT2D eigenvalue weighted by Gasteiger charge is -2.05. The minimum atomic E-state index is -0.275. The molecule has 0 unspecified atom stereocenters. The highest BCUT2D eigenvalue weighted by Crippen LogP contribution is 2.12. The fourth-order valence-corrected chi connectivity index (χ4v) is 1.28. The Balaban J connectivity index is 3.86. The third-order valence-corrected chi connectivity index (χ3v) is 1.62. The fourth-order valence-electron chi connectivity index (χ4n) is 1.28. The minimum absolute atomic E-state index is 0.275. The van der Waals surface area contributed by atoms with Gasteiger partial charge in [-0.1, -0.05) is 38.3 Å². The molecule has 0 aromatic heterocycles. The number of hydrogen-bond donors (Lipinski definition) is 1. The molecule has 0 aliphatic heterocycles. The van der Waals surface area contributed by atoms with Crippen molar-refractivity contribution in [3.8, 4) is 0 Å². The van der Waals surface area contributed by atoms with Crippen LogP contribution in [0.4, 0.5) is 0 Å². The van der Waals surface area contributed by atoms with E-state index in [1.165, 1.54) is 18.4 Å². The number of rotatable bonds is 5. The molecule has 66 valence electrons. The average molecular weight is 156 g/mol. The van der Waals surface area contributed by atoms with Crippen molar-refractivity contribution >= 4 is 0 Å². The molecule has 0 bridgehead atoms. The van der Waals surface area contributed by atoms with Crippen molar-refractivity contribution in [1.29, 1.82) is 0 Å². The summed E-state index contributed by atoms with van der Waals surface area (Å²) >= 11 is 0. The molecule has 1 N–H and O–H groups in total. The van der Waals surface area contributed by atoms with Gasteiger partial charge in [0.1, 0.15) is 0 Å². The smallest absolute Gasteiger partial charge is 0.0695 e. The highest BCUT2D eigenvalue weighted by atomic mass is 16.3. The maximum Gasteiger partial charge on any atom is 0.0695 e. The number of aliphatic hydroxyl groups is 1. The van der Waals surface area contributed by atoms with Gasteiger partial charge in [-0.3, -0.25) is 0 Å². The van der Waals surface area contributed by atoms with Crippen molar-refractivity contribution in [2.24, 2.45) is 0 Å². The molecule has 1 heteroatoms. The van der Waals surface area contributed by atoms with Crippen LogP contribution in [-0.2, 0) is 0 Å². The van der Waals surface area contributed by atoms with Crippen molar-refractivity contribution in [3.05, 3.63) is 11.6 Å². The summed E-state index contributed by atoms with van der Waals surface area (Å²) in [5.41, 5.74) is 1.41. The lowest BCUT2D eigenvalue weighted by molar-refractivity contribution is 0.242. The Morgan fingerprint density at radius 1 is 1.27 bits per heavy atom.